The maximum Gasteiger partial charge on any atom is 0.303 e. The van der Waals surface area contributed by atoms with Crippen molar-refractivity contribution in [2.24, 2.45) is 5.41 Å². The summed E-state index contributed by atoms with van der Waals surface area (Å²) in [6, 6.07) is 5.19. The smallest absolute Gasteiger partial charge is 0.303 e. The van der Waals surface area contributed by atoms with Gasteiger partial charge < -0.3 is 16.2 Å². The molecule has 0 atom stereocenters. The van der Waals surface area contributed by atoms with E-state index in [-0.39, 0.29) is 17.7 Å². The number of anilines is 1. The van der Waals surface area contributed by atoms with Crippen LogP contribution in [-0.2, 0) is 4.79 Å². The number of carbonyl (C=O) groups excluding carboxylic acids is 1. The highest BCUT2D eigenvalue weighted by atomic mass is 16.4. The zero-order chi connectivity index (χ0) is 16.0. The number of aryl methyl sites for hydroxylation is 1. The molecule has 4 N–H and O–H groups in total. The minimum absolute atomic E-state index is 0.108. The molecule has 1 rings (SSSR count). The number of aliphatic carboxylic acids is 1. The molecule has 21 heavy (non-hydrogen) atoms. The third kappa shape index (κ3) is 5.85. The van der Waals surface area contributed by atoms with Crippen LogP contribution >= 0.6 is 0 Å². The van der Waals surface area contributed by atoms with E-state index in [1.807, 2.05) is 20.8 Å². The van der Waals surface area contributed by atoms with Gasteiger partial charge in [-0.2, -0.15) is 0 Å². The number of carboxylic acid groups (broad SMARTS) is 1. The molecule has 0 saturated heterocycles. The predicted octanol–water partition coefficient (Wildman–Crippen LogP) is 2.59. The van der Waals surface area contributed by atoms with Crippen LogP contribution < -0.4 is 11.1 Å². The van der Waals surface area contributed by atoms with Gasteiger partial charge in [-0.3, -0.25) is 9.59 Å². The van der Waals surface area contributed by atoms with E-state index in [0.29, 0.717) is 24.2 Å². The molecule has 0 fully saturated rings. The summed E-state index contributed by atoms with van der Waals surface area (Å²) in [6.45, 7) is 6.40. The minimum atomic E-state index is -0.788. The van der Waals surface area contributed by atoms with Gasteiger partial charge in [0.25, 0.3) is 5.91 Å². The van der Waals surface area contributed by atoms with Crippen molar-refractivity contribution in [1.29, 1.82) is 0 Å². The molecule has 0 aromatic heterocycles. The number of amides is 1. The molecule has 0 radical (unpaired) electrons. The van der Waals surface area contributed by atoms with Crippen molar-refractivity contribution in [3.63, 3.8) is 0 Å². The standard InChI is InChI=1S/C16H24N2O3/c1-11-10-12(4-5-13(11)17)15(21)18-9-8-16(2,3)7-6-14(19)20/h4-5,10H,6-9,17H2,1-3H3,(H,18,21)(H,19,20). The minimum Gasteiger partial charge on any atom is -0.481 e. The third-order valence-corrected chi connectivity index (χ3v) is 3.63. The van der Waals surface area contributed by atoms with Crippen LogP contribution in [0.1, 0.15) is 49.0 Å². The Kier molecular flexibility index (Phi) is 5.76. The van der Waals surface area contributed by atoms with Crippen LogP contribution in [0, 0.1) is 12.3 Å². The normalized spacial score (nSPS) is 11.2. The molecular formula is C16H24N2O3. The largest absolute Gasteiger partial charge is 0.481 e. The summed E-state index contributed by atoms with van der Waals surface area (Å²) >= 11 is 0. The quantitative estimate of drug-likeness (QED) is 0.673. The van der Waals surface area contributed by atoms with Crippen LogP contribution in [0.4, 0.5) is 5.69 Å². The van der Waals surface area contributed by atoms with Crippen LogP contribution in [0.5, 0.6) is 0 Å². The van der Waals surface area contributed by atoms with E-state index in [0.717, 1.165) is 12.0 Å². The number of hydrogen-bond donors (Lipinski definition) is 3. The van der Waals surface area contributed by atoms with Gasteiger partial charge in [0.2, 0.25) is 0 Å². The summed E-state index contributed by atoms with van der Waals surface area (Å²) in [6.07, 6.45) is 1.48. The number of hydrogen-bond acceptors (Lipinski definition) is 3. The topological polar surface area (TPSA) is 92.4 Å². The molecule has 1 amide bonds. The van der Waals surface area contributed by atoms with E-state index in [4.69, 9.17) is 10.8 Å². The Morgan fingerprint density at radius 2 is 1.95 bits per heavy atom. The van der Waals surface area contributed by atoms with E-state index in [1.165, 1.54) is 0 Å². The maximum absolute atomic E-state index is 12.0. The van der Waals surface area contributed by atoms with Crippen LogP contribution in [0.2, 0.25) is 0 Å². The van der Waals surface area contributed by atoms with Gasteiger partial charge in [-0.1, -0.05) is 13.8 Å². The number of nitrogens with one attached hydrogen (secondary N) is 1. The van der Waals surface area contributed by atoms with Gasteiger partial charge in [0.05, 0.1) is 0 Å². The maximum atomic E-state index is 12.0. The van der Waals surface area contributed by atoms with E-state index >= 15 is 0 Å². The summed E-state index contributed by atoms with van der Waals surface area (Å²) in [5, 5.41) is 11.6. The van der Waals surface area contributed by atoms with Crippen molar-refractivity contribution in [1.82, 2.24) is 5.32 Å². The van der Waals surface area contributed by atoms with E-state index in [9.17, 15) is 9.59 Å². The van der Waals surface area contributed by atoms with Crippen LogP contribution in [-0.4, -0.2) is 23.5 Å². The fourth-order valence-corrected chi connectivity index (χ4v) is 2.00. The lowest BCUT2D eigenvalue weighted by atomic mass is 9.84. The molecule has 0 unspecified atom stereocenters. The molecule has 0 aliphatic heterocycles. The lowest BCUT2D eigenvalue weighted by Crippen LogP contribution is -2.28. The molecule has 0 bridgehead atoms. The molecule has 0 spiro atoms. The molecule has 1 aromatic carbocycles. The van der Waals surface area contributed by atoms with Gasteiger partial charge >= 0.3 is 5.97 Å². The van der Waals surface area contributed by atoms with Gasteiger partial charge in [-0.25, -0.2) is 0 Å². The lowest BCUT2D eigenvalue weighted by molar-refractivity contribution is -0.137. The van der Waals surface area contributed by atoms with Crippen molar-refractivity contribution in [3.05, 3.63) is 29.3 Å². The van der Waals surface area contributed by atoms with E-state index < -0.39 is 5.97 Å². The first-order chi connectivity index (χ1) is 9.71. The number of carbonyl (C=O) groups is 2. The van der Waals surface area contributed by atoms with E-state index in [1.54, 1.807) is 18.2 Å². The van der Waals surface area contributed by atoms with Crippen molar-refractivity contribution >= 4 is 17.6 Å². The summed E-state index contributed by atoms with van der Waals surface area (Å²) < 4.78 is 0. The molecule has 5 nitrogen and oxygen atoms in total. The van der Waals surface area contributed by atoms with Crippen LogP contribution in [0.15, 0.2) is 18.2 Å². The van der Waals surface area contributed by atoms with Crippen LogP contribution in [0.25, 0.3) is 0 Å². The fourth-order valence-electron chi connectivity index (χ4n) is 2.00. The average Bonchev–Trinajstić information content (AvgIpc) is 2.39. The summed E-state index contributed by atoms with van der Waals surface area (Å²) in [7, 11) is 0. The lowest BCUT2D eigenvalue weighted by Gasteiger charge is -2.23. The first-order valence-corrected chi connectivity index (χ1v) is 7.07. The van der Waals surface area contributed by atoms with Gasteiger partial charge in [0, 0.05) is 24.2 Å². The summed E-state index contributed by atoms with van der Waals surface area (Å²) in [5.41, 5.74) is 7.75. The Morgan fingerprint density at radius 1 is 1.29 bits per heavy atom. The number of benzene rings is 1. The fraction of sp³-hybridized carbons (Fsp3) is 0.500. The molecule has 5 heteroatoms. The van der Waals surface area contributed by atoms with Gasteiger partial charge in [0.15, 0.2) is 0 Å². The first-order valence-electron chi connectivity index (χ1n) is 7.07. The predicted molar refractivity (Wildman–Crippen MR) is 83.2 cm³/mol. The zero-order valence-corrected chi connectivity index (χ0v) is 12.9. The van der Waals surface area contributed by atoms with E-state index in [2.05, 4.69) is 5.32 Å². The highest BCUT2D eigenvalue weighted by Crippen LogP contribution is 2.26. The molecular weight excluding hydrogens is 268 g/mol. The number of nitrogens with two attached hydrogens (primary N) is 1. The molecule has 0 aliphatic carbocycles. The second-order valence-corrected chi connectivity index (χ2v) is 6.14. The number of rotatable bonds is 7. The monoisotopic (exact) mass is 292 g/mol. The first kappa shape index (κ1) is 17.0. The highest BCUT2D eigenvalue weighted by Gasteiger charge is 2.19. The highest BCUT2D eigenvalue weighted by molar-refractivity contribution is 5.94. The molecule has 116 valence electrons. The van der Waals surface area contributed by atoms with Gasteiger partial charge in [-0.05, 0) is 48.9 Å². The van der Waals surface area contributed by atoms with Crippen molar-refractivity contribution in [3.8, 4) is 0 Å². The Balaban J connectivity index is 2.46. The number of carboxylic acids is 1. The third-order valence-electron chi connectivity index (χ3n) is 3.63. The SMILES string of the molecule is Cc1cc(C(=O)NCCC(C)(C)CCC(=O)O)ccc1N. The Morgan fingerprint density at radius 3 is 2.52 bits per heavy atom. The molecule has 0 saturated carbocycles. The van der Waals surface area contributed by atoms with Crippen molar-refractivity contribution < 1.29 is 14.7 Å². The molecule has 0 aliphatic rings. The summed E-state index contributed by atoms with van der Waals surface area (Å²) in [5.74, 6) is -0.920. The van der Waals surface area contributed by atoms with Gasteiger partial charge in [0.1, 0.15) is 0 Å². The Hall–Kier alpha value is -2.04. The molecule has 0 heterocycles. The van der Waals surface area contributed by atoms with Crippen LogP contribution in [0.3, 0.4) is 0 Å². The second-order valence-electron chi connectivity index (χ2n) is 6.14. The van der Waals surface area contributed by atoms with Crippen molar-refractivity contribution in [2.45, 2.75) is 40.0 Å². The zero-order valence-electron chi connectivity index (χ0n) is 12.9. The average molecular weight is 292 g/mol. The second kappa shape index (κ2) is 7.11. The Bertz CT molecular complexity index is 524. The van der Waals surface area contributed by atoms with Gasteiger partial charge in [-0.15, -0.1) is 0 Å². The summed E-state index contributed by atoms with van der Waals surface area (Å²) in [4.78, 5) is 22.6. The Labute approximate surface area is 125 Å². The van der Waals surface area contributed by atoms with Crippen molar-refractivity contribution in [2.75, 3.05) is 12.3 Å². The molecule has 1 aromatic rings. The number of nitrogen functional groups attached to an aromatic ring is 1.